The SMILES string of the molecule is CCNC(c1cccnc1N)C(C)C. The molecule has 0 aliphatic rings. The molecule has 0 spiro atoms. The summed E-state index contributed by atoms with van der Waals surface area (Å²) in [6.45, 7) is 7.40. The summed E-state index contributed by atoms with van der Waals surface area (Å²) >= 11 is 0. The smallest absolute Gasteiger partial charge is 0.128 e. The number of rotatable bonds is 4. The molecule has 14 heavy (non-hydrogen) atoms. The molecule has 1 atom stereocenters. The van der Waals surface area contributed by atoms with Crippen LogP contribution in [0.1, 0.15) is 32.4 Å². The lowest BCUT2D eigenvalue weighted by atomic mass is 9.96. The molecule has 3 N–H and O–H groups in total. The summed E-state index contributed by atoms with van der Waals surface area (Å²) in [4.78, 5) is 4.10. The zero-order valence-electron chi connectivity index (χ0n) is 9.12. The highest BCUT2D eigenvalue weighted by Crippen LogP contribution is 2.24. The van der Waals surface area contributed by atoms with Crippen LogP contribution < -0.4 is 11.1 Å². The number of pyridine rings is 1. The molecule has 0 amide bonds. The lowest BCUT2D eigenvalue weighted by Crippen LogP contribution is -2.26. The predicted octanol–water partition coefficient (Wildman–Crippen LogP) is 1.97. The molecule has 0 saturated heterocycles. The van der Waals surface area contributed by atoms with Crippen molar-refractivity contribution in [3.05, 3.63) is 23.9 Å². The minimum atomic E-state index is 0.300. The van der Waals surface area contributed by atoms with Gasteiger partial charge in [-0.2, -0.15) is 0 Å². The molecule has 3 nitrogen and oxygen atoms in total. The van der Waals surface area contributed by atoms with E-state index in [9.17, 15) is 0 Å². The molecule has 1 heterocycles. The van der Waals surface area contributed by atoms with Gasteiger partial charge in [0, 0.05) is 17.8 Å². The fourth-order valence-electron chi connectivity index (χ4n) is 1.62. The molecule has 3 heteroatoms. The van der Waals surface area contributed by atoms with Crippen LogP contribution in [0.5, 0.6) is 0 Å². The van der Waals surface area contributed by atoms with Crippen LogP contribution in [0.2, 0.25) is 0 Å². The number of hydrogen-bond acceptors (Lipinski definition) is 3. The molecule has 0 aliphatic heterocycles. The van der Waals surface area contributed by atoms with Gasteiger partial charge in [-0.05, 0) is 18.5 Å². The largest absolute Gasteiger partial charge is 0.383 e. The molecular formula is C11H19N3. The maximum atomic E-state index is 5.84. The third-order valence-corrected chi connectivity index (χ3v) is 2.30. The van der Waals surface area contributed by atoms with Gasteiger partial charge in [-0.1, -0.05) is 26.8 Å². The summed E-state index contributed by atoms with van der Waals surface area (Å²) in [7, 11) is 0. The van der Waals surface area contributed by atoms with Gasteiger partial charge in [-0.25, -0.2) is 4.98 Å². The molecule has 0 aromatic carbocycles. The standard InChI is InChI=1S/C11H19N3/c1-4-13-10(8(2)3)9-6-5-7-14-11(9)12/h5-8,10,13H,4H2,1-3H3,(H2,12,14). The predicted molar refractivity (Wildman–Crippen MR) is 59.9 cm³/mol. The van der Waals surface area contributed by atoms with Crippen LogP contribution in [0.3, 0.4) is 0 Å². The molecule has 1 aromatic heterocycles. The first kappa shape index (κ1) is 11.0. The summed E-state index contributed by atoms with van der Waals surface area (Å²) in [6, 6.07) is 4.27. The highest BCUT2D eigenvalue weighted by atomic mass is 14.9. The van der Waals surface area contributed by atoms with Crippen molar-refractivity contribution in [3.8, 4) is 0 Å². The lowest BCUT2D eigenvalue weighted by Gasteiger charge is -2.22. The summed E-state index contributed by atoms with van der Waals surface area (Å²) in [5.41, 5.74) is 6.94. The molecular weight excluding hydrogens is 174 g/mol. The maximum absolute atomic E-state index is 5.84. The molecule has 1 unspecified atom stereocenters. The van der Waals surface area contributed by atoms with Gasteiger partial charge < -0.3 is 11.1 Å². The van der Waals surface area contributed by atoms with E-state index in [0.717, 1.165) is 12.1 Å². The zero-order chi connectivity index (χ0) is 10.6. The van der Waals surface area contributed by atoms with Gasteiger partial charge in [-0.15, -0.1) is 0 Å². The quantitative estimate of drug-likeness (QED) is 0.768. The Bertz CT molecular complexity index is 284. The van der Waals surface area contributed by atoms with Crippen LogP contribution in [0.4, 0.5) is 5.82 Å². The Morgan fingerprint density at radius 2 is 2.21 bits per heavy atom. The van der Waals surface area contributed by atoms with Crippen LogP contribution in [0.15, 0.2) is 18.3 Å². The second-order valence-electron chi connectivity index (χ2n) is 3.76. The van der Waals surface area contributed by atoms with Crippen molar-refractivity contribution in [2.75, 3.05) is 12.3 Å². The van der Waals surface area contributed by atoms with Crippen molar-refractivity contribution >= 4 is 5.82 Å². The number of anilines is 1. The van der Waals surface area contributed by atoms with Gasteiger partial charge in [-0.3, -0.25) is 0 Å². The van der Waals surface area contributed by atoms with E-state index in [4.69, 9.17) is 5.73 Å². The van der Waals surface area contributed by atoms with E-state index in [0.29, 0.717) is 17.8 Å². The molecule has 1 aromatic rings. The highest BCUT2D eigenvalue weighted by Gasteiger charge is 2.16. The van der Waals surface area contributed by atoms with Gasteiger partial charge in [0.15, 0.2) is 0 Å². The third-order valence-electron chi connectivity index (χ3n) is 2.30. The van der Waals surface area contributed by atoms with E-state index < -0.39 is 0 Å². The first-order valence-corrected chi connectivity index (χ1v) is 5.10. The molecule has 0 fully saturated rings. The van der Waals surface area contributed by atoms with Crippen LogP contribution in [0.25, 0.3) is 0 Å². The molecule has 0 saturated carbocycles. The van der Waals surface area contributed by atoms with Crippen LogP contribution in [0, 0.1) is 5.92 Å². The van der Waals surface area contributed by atoms with Crippen molar-refractivity contribution in [2.24, 2.45) is 5.92 Å². The van der Waals surface area contributed by atoms with Gasteiger partial charge in [0.2, 0.25) is 0 Å². The first-order valence-electron chi connectivity index (χ1n) is 5.10. The normalized spacial score (nSPS) is 13.1. The van der Waals surface area contributed by atoms with E-state index in [1.807, 2.05) is 12.1 Å². The third kappa shape index (κ3) is 2.45. The minimum Gasteiger partial charge on any atom is -0.383 e. The summed E-state index contributed by atoms with van der Waals surface area (Å²) in [5, 5.41) is 3.42. The second kappa shape index (κ2) is 4.96. The fraction of sp³-hybridized carbons (Fsp3) is 0.545. The number of nitrogen functional groups attached to an aromatic ring is 1. The Kier molecular flexibility index (Phi) is 3.89. The Balaban J connectivity index is 2.93. The molecule has 78 valence electrons. The number of nitrogens with one attached hydrogen (secondary N) is 1. The van der Waals surface area contributed by atoms with Gasteiger partial charge >= 0.3 is 0 Å². The van der Waals surface area contributed by atoms with Gasteiger partial charge in [0.25, 0.3) is 0 Å². The molecule has 0 bridgehead atoms. The monoisotopic (exact) mass is 193 g/mol. The average molecular weight is 193 g/mol. The number of nitrogens with zero attached hydrogens (tertiary/aromatic N) is 1. The second-order valence-corrected chi connectivity index (χ2v) is 3.76. The summed E-state index contributed by atoms with van der Waals surface area (Å²) in [6.07, 6.45) is 1.72. The van der Waals surface area contributed by atoms with Crippen LogP contribution in [-0.4, -0.2) is 11.5 Å². The van der Waals surface area contributed by atoms with Gasteiger partial charge in [0.1, 0.15) is 5.82 Å². The van der Waals surface area contributed by atoms with Crippen molar-refractivity contribution in [1.82, 2.24) is 10.3 Å². The van der Waals surface area contributed by atoms with E-state index in [1.165, 1.54) is 0 Å². The summed E-state index contributed by atoms with van der Waals surface area (Å²) in [5.74, 6) is 1.15. The maximum Gasteiger partial charge on any atom is 0.128 e. The van der Waals surface area contributed by atoms with E-state index >= 15 is 0 Å². The van der Waals surface area contributed by atoms with Crippen molar-refractivity contribution in [1.29, 1.82) is 0 Å². The van der Waals surface area contributed by atoms with Crippen molar-refractivity contribution in [2.45, 2.75) is 26.8 Å². The molecule has 0 radical (unpaired) electrons. The number of nitrogens with two attached hydrogens (primary N) is 1. The lowest BCUT2D eigenvalue weighted by molar-refractivity contribution is 0.422. The molecule has 0 aliphatic carbocycles. The zero-order valence-corrected chi connectivity index (χ0v) is 9.12. The van der Waals surface area contributed by atoms with E-state index in [-0.39, 0.29) is 0 Å². The topological polar surface area (TPSA) is 50.9 Å². The highest BCUT2D eigenvalue weighted by molar-refractivity contribution is 5.41. The minimum absolute atomic E-state index is 0.300. The van der Waals surface area contributed by atoms with Crippen molar-refractivity contribution in [3.63, 3.8) is 0 Å². The van der Waals surface area contributed by atoms with E-state index in [2.05, 4.69) is 31.1 Å². The average Bonchev–Trinajstić information content (AvgIpc) is 2.15. The van der Waals surface area contributed by atoms with E-state index in [1.54, 1.807) is 6.20 Å². The Morgan fingerprint density at radius 1 is 1.50 bits per heavy atom. The number of aromatic nitrogens is 1. The Labute approximate surface area is 85.7 Å². The van der Waals surface area contributed by atoms with Crippen molar-refractivity contribution < 1.29 is 0 Å². The summed E-state index contributed by atoms with van der Waals surface area (Å²) < 4.78 is 0. The van der Waals surface area contributed by atoms with Gasteiger partial charge in [0.05, 0.1) is 0 Å². The van der Waals surface area contributed by atoms with Crippen LogP contribution in [-0.2, 0) is 0 Å². The molecule has 1 rings (SSSR count). The fourth-order valence-corrected chi connectivity index (χ4v) is 1.62. The first-order chi connectivity index (χ1) is 6.66. The Morgan fingerprint density at radius 3 is 2.71 bits per heavy atom. The number of hydrogen-bond donors (Lipinski definition) is 2. The Hall–Kier alpha value is -1.09. The van der Waals surface area contributed by atoms with Crippen LogP contribution >= 0.6 is 0 Å².